The molecule has 2 rings (SSSR count). The first-order valence-electron chi connectivity index (χ1n) is 5.67. The molecule has 0 unspecified atom stereocenters. The Labute approximate surface area is 125 Å². The molecule has 20 heavy (non-hydrogen) atoms. The summed E-state index contributed by atoms with van der Waals surface area (Å²) < 4.78 is 27.6. The second kappa shape index (κ2) is 5.34. The summed E-state index contributed by atoms with van der Waals surface area (Å²) in [5.41, 5.74) is 6.89. The Morgan fingerprint density at radius 1 is 1.20 bits per heavy atom. The maximum absolute atomic E-state index is 12.3. The summed E-state index contributed by atoms with van der Waals surface area (Å²) in [4.78, 5) is -0.0128. The predicted octanol–water partition coefficient (Wildman–Crippen LogP) is 2.85. The molecule has 5 nitrogen and oxygen atoms in total. The smallest absolute Gasteiger partial charge is 0.262 e. The number of nitrogens with one attached hydrogen (secondary N) is 1. The molecule has 2 aromatic rings. The largest absolute Gasteiger partial charge is 0.506 e. The van der Waals surface area contributed by atoms with Crippen LogP contribution in [0, 0.1) is 6.92 Å². The lowest BCUT2D eigenvalue weighted by Gasteiger charge is -2.11. The minimum Gasteiger partial charge on any atom is -0.506 e. The molecule has 0 bridgehead atoms. The van der Waals surface area contributed by atoms with Crippen LogP contribution in [-0.2, 0) is 10.0 Å². The van der Waals surface area contributed by atoms with Crippen LogP contribution in [0.1, 0.15) is 5.56 Å². The van der Waals surface area contributed by atoms with Crippen molar-refractivity contribution in [3.8, 4) is 5.75 Å². The molecular formula is C13H13BrN2O3S. The summed E-state index contributed by atoms with van der Waals surface area (Å²) in [6, 6.07) is 9.08. The molecule has 7 heteroatoms. The maximum Gasteiger partial charge on any atom is 0.262 e. The van der Waals surface area contributed by atoms with Crippen LogP contribution in [0.15, 0.2) is 45.8 Å². The number of sulfonamides is 1. The van der Waals surface area contributed by atoms with Gasteiger partial charge in [-0.1, -0.05) is 6.07 Å². The molecule has 2 aromatic carbocycles. The van der Waals surface area contributed by atoms with Crippen molar-refractivity contribution in [2.45, 2.75) is 11.8 Å². The first-order chi connectivity index (χ1) is 9.29. The molecule has 0 fully saturated rings. The Morgan fingerprint density at radius 2 is 1.90 bits per heavy atom. The molecule has 0 radical (unpaired) electrons. The monoisotopic (exact) mass is 356 g/mol. The van der Waals surface area contributed by atoms with Crippen molar-refractivity contribution in [3.63, 3.8) is 0 Å². The van der Waals surface area contributed by atoms with E-state index < -0.39 is 10.0 Å². The fourth-order valence-corrected chi connectivity index (χ4v) is 3.20. The molecule has 0 saturated carbocycles. The molecule has 0 aliphatic carbocycles. The first-order valence-corrected chi connectivity index (χ1v) is 7.95. The average molecular weight is 357 g/mol. The van der Waals surface area contributed by atoms with Gasteiger partial charge in [-0.3, -0.25) is 4.72 Å². The van der Waals surface area contributed by atoms with Gasteiger partial charge in [0.2, 0.25) is 0 Å². The van der Waals surface area contributed by atoms with E-state index in [2.05, 4.69) is 20.7 Å². The molecule has 0 heterocycles. The number of rotatable bonds is 3. The fraction of sp³-hybridized carbons (Fsp3) is 0.0769. The van der Waals surface area contributed by atoms with E-state index in [-0.39, 0.29) is 16.3 Å². The Bertz CT molecular complexity index is 760. The molecule has 106 valence electrons. The van der Waals surface area contributed by atoms with E-state index in [0.717, 1.165) is 5.56 Å². The van der Waals surface area contributed by atoms with Crippen molar-refractivity contribution < 1.29 is 13.5 Å². The minimum atomic E-state index is -3.76. The van der Waals surface area contributed by atoms with Crippen LogP contribution in [0.3, 0.4) is 0 Å². The highest BCUT2D eigenvalue weighted by Crippen LogP contribution is 2.28. The zero-order valence-corrected chi connectivity index (χ0v) is 13.0. The van der Waals surface area contributed by atoms with E-state index in [9.17, 15) is 13.5 Å². The second-order valence-electron chi connectivity index (χ2n) is 4.31. The van der Waals surface area contributed by atoms with Crippen molar-refractivity contribution in [3.05, 3.63) is 46.4 Å². The van der Waals surface area contributed by atoms with Gasteiger partial charge >= 0.3 is 0 Å². The van der Waals surface area contributed by atoms with Crippen molar-refractivity contribution >= 4 is 37.3 Å². The zero-order valence-electron chi connectivity index (χ0n) is 10.6. The number of phenols is 1. The standard InChI is InChI=1S/C13H13BrN2O3S/c1-8-2-4-10(14)12(6-8)16-20(18,19)9-3-5-13(17)11(15)7-9/h2-7,16-17H,15H2,1H3. The van der Waals surface area contributed by atoms with Crippen LogP contribution in [0.2, 0.25) is 0 Å². The highest BCUT2D eigenvalue weighted by atomic mass is 79.9. The number of nitrogens with two attached hydrogens (primary N) is 1. The Kier molecular flexibility index (Phi) is 3.92. The van der Waals surface area contributed by atoms with Gasteiger partial charge in [-0.2, -0.15) is 0 Å². The molecular weight excluding hydrogens is 344 g/mol. The molecule has 0 aliphatic rings. The maximum atomic E-state index is 12.3. The van der Waals surface area contributed by atoms with Crippen molar-refractivity contribution in [1.82, 2.24) is 0 Å². The van der Waals surface area contributed by atoms with E-state index in [1.54, 1.807) is 12.1 Å². The summed E-state index contributed by atoms with van der Waals surface area (Å²) in [7, 11) is -3.76. The fourth-order valence-electron chi connectivity index (χ4n) is 1.62. The summed E-state index contributed by atoms with van der Waals surface area (Å²) in [5, 5.41) is 9.33. The predicted molar refractivity (Wildman–Crippen MR) is 82.2 cm³/mol. The number of benzene rings is 2. The summed E-state index contributed by atoms with van der Waals surface area (Å²) in [6.45, 7) is 1.86. The second-order valence-corrected chi connectivity index (χ2v) is 6.85. The van der Waals surface area contributed by atoms with Crippen LogP contribution < -0.4 is 10.5 Å². The number of halogens is 1. The van der Waals surface area contributed by atoms with Crippen LogP contribution in [0.4, 0.5) is 11.4 Å². The van der Waals surface area contributed by atoms with Crippen molar-refractivity contribution in [1.29, 1.82) is 0 Å². The van der Waals surface area contributed by atoms with Gasteiger partial charge in [-0.05, 0) is 58.7 Å². The highest BCUT2D eigenvalue weighted by Gasteiger charge is 2.17. The quantitative estimate of drug-likeness (QED) is 0.582. The molecule has 0 amide bonds. The van der Waals surface area contributed by atoms with Crippen LogP contribution >= 0.6 is 15.9 Å². The molecule has 4 N–H and O–H groups in total. The van der Waals surface area contributed by atoms with E-state index >= 15 is 0 Å². The number of hydrogen-bond acceptors (Lipinski definition) is 4. The summed E-state index contributed by atoms with van der Waals surface area (Å²) in [6.07, 6.45) is 0. The Morgan fingerprint density at radius 3 is 2.55 bits per heavy atom. The number of nitrogen functional groups attached to an aromatic ring is 1. The molecule has 0 aromatic heterocycles. The van der Waals surface area contributed by atoms with Gasteiger partial charge in [-0.15, -0.1) is 0 Å². The minimum absolute atomic E-state index is 0.0104. The van der Waals surface area contributed by atoms with Gasteiger partial charge in [0.05, 0.1) is 16.3 Å². The average Bonchev–Trinajstić information content (AvgIpc) is 2.36. The number of aromatic hydroxyl groups is 1. The van der Waals surface area contributed by atoms with E-state index in [4.69, 9.17) is 5.73 Å². The molecule has 0 saturated heterocycles. The number of phenolic OH excluding ortho intramolecular Hbond substituents is 1. The third-order valence-electron chi connectivity index (χ3n) is 2.68. The van der Waals surface area contributed by atoms with E-state index in [0.29, 0.717) is 10.2 Å². The zero-order chi connectivity index (χ0) is 14.9. The van der Waals surface area contributed by atoms with Gasteiger partial charge in [-0.25, -0.2) is 8.42 Å². The lowest BCUT2D eigenvalue weighted by Crippen LogP contribution is -2.13. The number of hydrogen-bond donors (Lipinski definition) is 3. The van der Waals surface area contributed by atoms with Gasteiger partial charge in [0.15, 0.2) is 0 Å². The number of aryl methyl sites for hydroxylation is 1. The normalized spacial score (nSPS) is 11.3. The van der Waals surface area contributed by atoms with Crippen LogP contribution in [0.25, 0.3) is 0 Å². The van der Waals surface area contributed by atoms with Crippen molar-refractivity contribution in [2.75, 3.05) is 10.5 Å². The Hall–Kier alpha value is -1.73. The highest BCUT2D eigenvalue weighted by molar-refractivity contribution is 9.10. The first kappa shape index (κ1) is 14.7. The number of anilines is 2. The lowest BCUT2D eigenvalue weighted by molar-refractivity contribution is 0.477. The molecule has 0 atom stereocenters. The van der Waals surface area contributed by atoms with Crippen molar-refractivity contribution in [2.24, 2.45) is 0 Å². The van der Waals surface area contributed by atoms with Gasteiger partial charge in [0.25, 0.3) is 10.0 Å². The molecule has 0 aliphatic heterocycles. The third-order valence-corrected chi connectivity index (χ3v) is 4.73. The Balaban J connectivity index is 2.40. The van der Waals surface area contributed by atoms with Gasteiger partial charge < -0.3 is 10.8 Å². The molecule has 0 spiro atoms. The van der Waals surface area contributed by atoms with Crippen LogP contribution in [0.5, 0.6) is 5.75 Å². The third kappa shape index (κ3) is 3.05. The van der Waals surface area contributed by atoms with E-state index in [1.165, 1.54) is 18.2 Å². The van der Waals surface area contributed by atoms with Gasteiger partial charge in [0.1, 0.15) is 5.75 Å². The lowest BCUT2D eigenvalue weighted by atomic mass is 10.2. The van der Waals surface area contributed by atoms with E-state index in [1.807, 2.05) is 13.0 Å². The SMILES string of the molecule is Cc1ccc(Br)c(NS(=O)(=O)c2ccc(O)c(N)c2)c1. The summed E-state index contributed by atoms with van der Waals surface area (Å²) in [5.74, 6) is -0.152. The van der Waals surface area contributed by atoms with Crippen LogP contribution in [-0.4, -0.2) is 13.5 Å². The topological polar surface area (TPSA) is 92.4 Å². The summed E-state index contributed by atoms with van der Waals surface area (Å²) >= 11 is 3.29. The van der Waals surface area contributed by atoms with Gasteiger partial charge in [0, 0.05) is 4.47 Å².